The summed E-state index contributed by atoms with van der Waals surface area (Å²) >= 11 is 0. The number of rotatable bonds is 28. The first-order valence-electron chi connectivity index (χ1n) is 14.3. The van der Waals surface area contributed by atoms with Crippen LogP contribution in [0.15, 0.2) is 0 Å². The Morgan fingerprint density at radius 3 is 1.39 bits per heavy atom. The maximum absolute atomic E-state index is 5.97. The van der Waals surface area contributed by atoms with Gasteiger partial charge >= 0.3 is 26.2 Å². The van der Waals surface area contributed by atoms with Gasteiger partial charge in [0.2, 0.25) is 0 Å². The van der Waals surface area contributed by atoms with E-state index in [2.05, 4.69) is 31.0 Å². The number of unbranched alkanes of at least 4 members (excludes halogenated alkanes) is 3. The van der Waals surface area contributed by atoms with Gasteiger partial charge in [0.1, 0.15) is 0 Å². The molecular weight excluding hydrogens is 557 g/mol. The van der Waals surface area contributed by atoms with Gasteiger partial charge in [0.15, 0.2) is 0 Å². The molecule has 0 bridgehead atoms. The fraction of sp³-hybridized carbons (Fsp3) is 1.00. The molecule has 0 fully saturated rings. The van der Waals surface area contributed by atoms with Crippen LogP contribution in [0.5, 0.6) is 0 Å². The summed E-state index contributed by atoms with van der Waals surface area (Å²) in [6.45, 7) is 9.61. The number of nitrogens with one attached hydrogen (secondary N) is 2. The first-order chi connectivity index (χ1) is 18.3. The van der Waals surface area contributed by atoms with E-state index in [1.165, 1.54) is 31.7 Å². The summed E-state index contributed by atoms with van der Waals surface area (Å²) in [6, 6.07) is 4.00. The Morgan fingerprint density at radius 2 is 1.00 bits per heavy atom. The molecule has 0 aliphatic heterocycles. The lowest BCUT2D eigenvalue weighted by Gasteiger charge is -2.26. The van der Waals surface area contributed by atoms with Gasteiger partial charge in [-0.05, 0) is 52.4 Å². The summed E-state index contributed by atoms with van der Waals surface area (Å²) in [5.41, 5.74) is 0. The summed E-state index contributed by atoms with van der Waals surface area (Å²) in [4.78, 5) is 0. The first kappa shape index (κ1) is 38.5. The minimum absolute atomic E-state index is 0.336. The molecule has 0 unspecified atom stereocenters. The van der Waals surface area contributed by atoms with Crippen LogP contribution in [0.4, 0.5) is 0 Å². The lowest BCUT2D eigenvalue weighted by molar-refractivity contribution is 0.122. The maximum atomic E-state index is 5.97. The predicted molar refractivity (Wildman–Crippen MR) is 164 cm³/mol. The molecular formula is C24H60N2O8Si4. The van der Waals surface area contributed by atoms with E-state index in [1.54, 1.807) is 42.7 Å². The molecule has 0 radical (unpaired) electrons. The highest BCUT2D eigenvalue weighted by atomic mass is 28.4. The van der Waals surface area contributed by atoms with E-state index in [-0.39, 0.29) is 9.52 Å². The maximum Gasteiger partial charge on any atom is 0.500 e. The highest BCUT2D eigenvalue weighted by molar-refractivity contribution is 6.66. The normalized spacial score (nSPS) is 13.4. The summed E-state index contributed by atoms with van der Waals surface area (Å²) < 4.78 is 45.3. The van der Waals surface area contributed by atoms with E-state index in [1.807, 2.05) is 0 Å². The fourth-order valence-electron chi connectivity index (χ4n) is 4.67. The van der Waals surface area contributed by atoms with Crippen LogP contribution in [0.2, 0.25) is 30.7 Å². The van der Waals surface area contributed by atoms with E-state index in [9.17, 15) is 0 Å². The van der Waals surface area contributed by atoms with Gasteiger partial charge in [-0.2, -0.15) is 0 Å². The van der Waals surface area contributed by atoms with Crippen molar-refractivity contribution in [2.45, 2.75) is 88.9 Å². The predicted octanol–water partition coefficient (Wildman–Crippen LogP) is 3.28. The SMILES string of the molecule is CCO[Si](C)(CCCCCC[SiH2]C(NCCC[Si](OC)(OC)OC)NCCC[Si](OC)(OC)OC)OCC. The van der Waals surface area contributed by atoms with Gasteiger partial charge in [-0.25, -0.2) is 0 Å². The van der Waals surface area contributed by atoms with Crippen molar-refractivity contribution in [2.75, 3.05) is 69.0 Å². The van der Waals surface area contributed by atoms with Crippen LogP contribution in [-0.2, 0) is 35.4 Å². The average Bonchev–Trinajstić information content (AvgIpc) is 2.93. The minimum Gasteiger partial charge on any atom is -0.395 e. The molecule has 230 valence electrons. The van der Waals surface area contributed by atoms with Gasteiger partial charge in [0.05, 0.1) is 9.52 Å². The van der Waals surface area contributed by atoms with E-state index in [4.69, 9.17) is 35.4 Å². The van der Waals surface area contributed by atoms with Crippen molar-refractivity contribution in [3.05, 3.63) is 0 Å². The van der Waals surface area contributed by atoms with Crippen molar-refractivity contribution >= 4 is 35.7 Å². The highest BCUT2D eigenvalue weighted by Crippen LogP contribution is 2.19. The van der Waals surface area contributed by atoms with Gasteiger partial charge in [0, 0.05) is 73.7 Å². The second kappa shape index (κ2) is 23.1. The quantitative estimate of drug-likeness (QED) is 0.0774. The molecule has 10 nitrogen and oxygen atoms in total. The molecule has 0 aliphatic rings. The number of hydrogen-bond acceptors (Lipinski definition) is 10. The number of hydrogen-bond donors (Lipinski definition) is 2. The van der Waals surface area contributed by atoms with E-state index in [0.717, 1.165) is 57.3 Å². The van der Waals surface area contributed by atoms with E-state index >= 15 is 0 Å². The molecule has 0 heterocycles. The zero-order chi connectivity index (χ0) is 28.8. The molecule has 0 spiro atoms. The van der Waals surface area contributed by atoms with Gasteiger partial charge in [-0.15, -0.1) is 0 Å². The third-order valence-corrected chi connectivity index (χ3v) is 17.8. The third-order valence-electron chi connectivity index (χ3n) is 6.99. The van der Waals surface area contributed by atoms with Crippen LogP contribution in [-0.4, -0.2) is 110 Å². The first-order valence-corrected chi connectivity index (χ1v) is 22.5. The van der Waals surface area contributed by atoms with Crippen LogP contribution >= 0.6 is 0 Å². The summed E-state index contributed by atoms with van der Waals surface area (Å²) in [7, 11) is 2.66. The lowest BCUT2D eigenvalue weighted by atomic mass is 10.2. The molecule has 0 rings (SSSR count). The molecule has 38 heavy (non-hydrogen) atoms. The summed E-state index contributed by atoms with van der Waals surface area (Å²) in [5, 5.41) is 7.50. The van der Waals surface area contributed by atoms with Crippen molar-refractivity contribution in [3.8, 4) is 0 Å². The zero-order valence-corrected chi connectivity index (χ0v) is 30.4. The standard InChI is InChI=1S/C24H60N2O8Si4/c1-10-33-36(9,34-11-2)21-15-13-12-14-20-35-24(25-18-16-22-37(27-3,28-4)29-5)26-19-17-23-38(30-6,31-7)32-8/h24-26H,10-23,35H2,1-9H3. The highest BCUT2D eigenvalue weighted by Gasteiger charge is 2.37. The average molecular weight is 617 g/mol. The fourth-order valence-corrected chi connectivity index (χ4v) is 12.5. The monoisotopic (exact) mass is 616 g/mol. The Kier molecular flexibility index (Phi) is 23.4. The second-order valence-electron chi connectivity index (χ2n) is 9.56. The molecule has 0 aromatic heterocycles. The molecule has 14 heteroatoms. The van der Waals surface area contributed by atoms with Crippen molar-refractivity contribution < 1.29 is 35.4 Å². The molecule has 0 saturated carbocycles. The Hall–Kier alpha value is 0.468. The van der Waals surface area contributed by atoms with Crippen LogP contribution in [0.1, 0.15) is 52.4 Å². The van der Waals surface area contributed by atoms with Crippen molar-refractivity contribution in [2.24, 2.45) is 0 Å². The van der Waals surface area contributed by atoms with Gasteiger partial charge in [-0.3, -0.25) is 0 Å². The minimum atomic E-state index is -2.52. The molecule has 0 amide bonds. The van der Waals surface area contributed by atoms with Crippen LogP contribution in [0.25, 0.3) is 0 Å². The largest absolute Gasteiger partial charge is 0.500 e. The molecule has 2 N–H and O–H groups in total. The lowest BCUT2D eigenvalue weighted by Crippen LogP contribution is -2.49. The van der Waals surface area contributed by atoms with Crippen molar-refractivity contribution in [1.29, 1.82) is 0 Å². The Labute approximate surface area is 239 Å². The Bertz CT molecular complexity index is 499. The van der Waals surface area contributed by atoms with Gasteiger partial charge < -0.3 is 46.0 Å². The molecule has 0 saturated heterocycles. The van der Waals surface area contributed by atoms with Gasteiger partial charge in [0.25, 0.3) is 0 Å². The molecule has 0 atom stereocenters. The topological polar surface area (TPSA) is 97.9 Å². The van der Waals surface area contributed by atoms with Crippen molar-refractivity contribution in [1.82, 2.24) is 10.6 Å². The van der Waals surface area contributed by atoms with Crippen LogP contribution < -0.4 is 10.6 Å². The third kappa shape index (κ3) is 16.0. The summed E-state index contributed by atoms with van der Waals surface area (Å²) in [5.74, 6) is 0.383. The molecule has 0 aromatic rings. The van der Waals surface area contributed by atoms with Crippen LogP contribution in [0.3, 0.4) is 0 Å². The molecule has 0 aliphatic carbocycles. The van der Waals surface area contributed by atoms with Gasteiger partial charge in [-0.1, -0.05) is 31.7 Å². The zero-order valence-electron chi connectivity index (χ0n) is 25.9. The second-order valence-corrected chi connectivity index (χ2v) is 21.2. The van der Waals surface area contributed by atoms with E-state index in [0.29, 0.717) is 5.79 Å². The summed E-state index contributed by atoms with van der Waals surface area (Å²) in [6.07, 6.45) is 6.90. The smallest absolute Gasteiger partial charge is 0.395 e. The molecule has 0 aromatic carbocycles. The van der Waals surface area contributed by atoms with Crippen molar-refractivity contribution in [3.63, 3.8) is 0 Å². The van der Waals surface area contributed by atoms with Crippen LogP contribution in [0, 0.1) is 0 Å². The van der Waals surface area contributed by atoms with E-state index < -0.39 is 26.2 Å². The Morgan fingerprint density at radius 1 is 0.579 bits per heavy atom. The Balaban J connectivity index is 4.57.